The smallest absolute Gasteiger partial charge is 0.221 e. The van der Waals surface area contributed by atoms with Crippen molar-refractivity contribution in [2.45, 2.75) is 18.9 Å². The van der Waals surface area contributed by atoms with Crippen LogP contribution < -0.4 is 14.8 Å². The molecular formula is C15H18N2O2. The van der Waals surface area contributed by atoms with Crippen LogP contribution in [-0.4, -0.2) is 31.3 Å². The van der Waals surface area contributed by atoms with Crippen LogP contribution in [0.15, 0.2) is 30.5 Å². The summed E-state index contributed by atoms with van der Waals surface area (Å²) in [6.07, 6.45) is 4.19. The Kier molecular flexibility index (Phi) is 3.51. The first-order valence-corrected chi connectivity index (χ1v) is 6.66. The molecule has 4 nitrogen and oxygen atoms in total. The molecule has 1 atom stereocenters. The molecule has 1 aromatic heterocycles. The number of rotatable bonds is 4. The summed E-state index contributed by atoms with van der Waals surface area (Å²) in [7, 11) is 1.67. The van der Waals surface area contributed by atoms with Crippen molar-refractivity contribution < 1.29 is 9.47 Å². The van der Waals surface area contributed by atoms with Gasteiger partial charge in [0.2, 0.25) is 5.88 Å². The maximum Gasteiger partial charge on any atom is 0.221 e. The molecular weight excluding hydrogens is 240 g/mol. The summed E-state index contributed by atoms with van der Waals surface area (Å²) in [6, 6.07) is 8.36. The number of ether oxygens (including phenoxy) is 2. The molecule has 2 aromatic rings. The van der Waals surface area contributed by atoms with Crippen molar-refractivity contribution >= 4 is 10.8 Å². The summed E-state index contributed by atoms with van der Waals surface area (Å²) in [6.45, 7) is 1.77. The summed E-state index contributed by atoms with van der Waals surface area (Å²) in [5.74, 6) is 1.55. The minimum atomic E-state index is 0.454. The number of aromatic nitrogens is 1. The monoisotopic (exact) mass is 258 g/mol. The van der Waals surface area contributed by atoms with Gasteiger partial charge in [0.05, 0.1) is 7.11 Å². The summed E-state index contributed by atoms with van der Waals surface area (Å²) in [4.78, 5) is 4.33. The van der Waals surface area contributed by atoms with Gasteiger partial charge < -0.3 is 14.8 Å². The number of methoxy groups -OCH3 is 1. The molecule has 2 heterocycles. The van der Waals surface area contributed by atoms with E-state index in [1.807, 2.05) is 24.3 Å². The Balaban J connectivity index is 1.82. The van der Waals surface area contributed by atoms with Gasteiger partial charge in [0, 0.05) is 17.6 Å². The molecule has 100 valence electrons. The first-order valence-electron chi connectivity index (χ1n) is 6.66. The number of nitrogens with one attached hydrogen (secondary N) is 1. The van der Waals surface area contributed by atoms with E-state index in [1.165, 1.54) is 12.8 Å². The highest BCUT2D eigenvalue weighted by atomic mass is 16.5. The van der Waals surface area contributed by atoms with Crippen molar-refractivity contribution in [2.75, 3.05) is 20.3 Å². The van der Waals surface area contributed by atoms with Crippen molar-refractivity contribution in [1.82, 2.24) is 10.3 Å². The lowest BCUT2D eigenvalue weighted by Crippen LogP contribution is -2.28. The molecule has 1 fully saturated rings. The molecule has 1 aromatic carbocycles. The van der Waals surface area contributed by atoms with Gasteiger partial charge >= 0.3 is 0 Å². The van der Waals surface area contributed by atoms with E-state index < -0.39 is 0 Å². The van der Waals surface area contributed by atoms with Gasteiger partial charge in [-0.2, -0.15) is 0 Å². The van der Waals surface area contributed by atoms with Crippen molar-refractivity contribution in [1.29, 1.82) is 0 Å². The van der Waals surface area contributed by atoms with Crippen LogP contribution in [0.2, 0.25) is 0 Å². The first kappa shape index (κ1) is 12.2. The normalized spacial score (nSPS) is 18.7. The van der Waals surface area contributed by atoms with Crippen LogP contribution in [0.25, 0.3) is 10.8 Å². The predicted octanol–water partition coefficient (Wildman–Crippen LogP) is 2.37. The third-order valence-electron chi connectivity index (χ3n) is 3.52. The van der Waals surface area contributed by atoms with Gasteiger partial charge in [0.15, 0.2) is 0 Å². The van der Waals surface area contributed by atoms with Gasteiger partial charge in [0.1, 0.15) is 12.4 Å². The van der Waals surface area contributed by atoms with Gasteiger partial charge in [-0.25, -0.2) is 4.98 Å². The molecule has 1 unspecified atom stereocenters. The quantitative estimate of drug-likeness (QED) is 0.914. The fourth-order valence-corrected chi connectivity index (χ4v) is 2.45. The molecule has 0 aliphatic carbocycles. The van der Waals surface area contributed by atoms with Crippen LogP contribution in [0.5, 0.6) is 11.6 Å². The van der Waals surface area contributed by atoms with Crippen LogP contribution in [0, 0.1) is 0 Å². The summed E-state index contributed by atoms with van der Waals surface area (Å²) >= 11 is 0. The summed E-state index contributed by atoms with van der Waals surface area (Å²) < 4.78 is 11.1. The van der Waals surface area contributed by atoms with Gasteiger partial charge in [-0.15, -0.1) is 0 Å². The van der Waals surface area contributed by atoms with E-state index in [0.717, 1.165) is 23.1 Å². The van der Waals surface area contributed by atoms with Gasteiger partial charge in [-0.05, 0) is 49.0 Å². The van der Waals surface area contributed by atoms with E-state index in [-0.39, 0.29) is 0 Å². The Bertz CT molecular complexity index is 565. The molecule has 0 spiro atoms. The minimum Gasteiger partial charge on any atom is -0.497 e. The highest BCUT2D eigenvalue weighted by Crippen LogP contribution is 2.27. The Morgan fingerprint density at radius 2 is 2.32 bits per heavy atom. The number of fused-ring (bicyclic) bond motifs is 1. The number of hydrogen-bond donors (Lipinski definition) is 1. The zero-order valence-corrected chi connectivity index (χ0v) is 11.1. The second-order valence-electron chi connectivity index (χ2n) is 4.81. The fraction of sp³-hybridized carbons (Fsp3) is 0.400. The number of hydrogen-bond acceptors (Lipinski definition) is 4. The van der Waals surface area contributed by atoms with Crippen molar-refractivity contribution in [2.24, 2.45) is 0 Å². The topological polar surface area (TPSA) is 43.4 Å². The molecule has 3 rings (SSSR count). The van der Waals surface area contributed by atoms with Crippen LogP contribution in [-0.2, 0) is 0 Å². The second kappa shape index (κ2) is 5.45. The highest BCUT2D eigenvalue weighted by Gasteiger charge is 2.15. The molecule has 1 N–H and O–H groups in total. The molecule has 0 saturated carbocycles. The van der Waals surface area contributed by atoms with E-state index >= 15 is 0 Å². The van der Waals surface area contributed by atoms with Gasteiger partial charge in [-0.3, -0.25) is 0 Å². The number of benzene rings is 1. The van der Waals surface area contributed by atoms with E-state index in [0.29, 0.717) is 18.5 Å². The van der Waals surface area contributed by atoms with E-state index in [4.69, 9.17) is 9.47 Å². The summed E-state index contributed by atoms with van der Waals surface area (Å²) in [5, 5.41) is 5.54. The molecule has 0 radical (unpaired) electrons. The van der Waals surface area contributed by atoms with Crippen molar-refractivity contribution in [3.63, 3.8) is 0 Å². The number of nitrogens with zero attached hydrogens (tertiary/aromatic N) is 1. The Labute approximate surface area is 112 Å². The first-order chi connectivity index (χ1) is 9.36. The van der Waals surface area contributed by atoms with E-state index in [9.17, 15) is 0 Å². The van der Waals surface area contributed by atoms with Crippen LogP contribution in [0.3, 0.4) is 0 Å². The van der Waals surface area contributed by atoms with E-state index in [2.05, 4.69) is 10.3 Å². The summed E-state index contributed by atoms with van der Waals surface area (Å²) in [5.41, 5.74) is 0. The Hall–Kier alpha value is -1.81. The SMILES string of the molecule is COc1ccc2c(OCC3CCCN3)nccc2c1. The fourth-order valence-electron chi connectivity index (χ4n) is 2.45. The van der Waals surface area contributed by atoms with Crippen LogP contribution >= 0.6 is 0 Å². The molecule has 1 saturated heterocycles. The Morgan fingerprint density at radius 3 is 3.11 bits per heavy atom. The van der Waals surface area contributed by atoms with Crippen LogP contribution in [0.4, 0.5) is 0 Å². The molecule has 1 aliphatic rings. The zero-order valence-electron chi connectivity index (χ0n) is 11.1. The Morgan fingerprint density at radius 1 is 1.37 bits per heavy atom. The standard InChI is InChI=1S/C15H18N2O2/c1-18-13-4-5-14-11(9-13)6-8-17-15(14)19-10-12-3-2-7-16-12/h4-6,8-9,12,16H,2-3,7,10H2,1H3. The maximum absolute atomic E-state index is 5.86. The third kappa shape index (κ3) is 2.63. The van der Waals surface area contributed by atoms with Crippen molar-refractivity contribution in [3.8, 4) is 11.6 Å². The van der Waals surface area contributed by atoms with E-state index in [1.54, 1.807) is 13.3 Å². The maximum atomic E-state index is 5.86. The zero-order chi connectivity index (χ0) is 13.1. The lowest BCUT2D eigenvalue weighted by Gasteiger charge is -2.13. The molecule has 0 amide bonds. The van der Waals surface area contributed by atoms with Crippen LogP contribution in [0.1, 0.15) is 12.8 Å². The molecule has 1 aliphatic heterocycles. The minimum absolute atomic E-state index is 0.454. The highest BCUT2D eigenvalue weighted by molar-refractivity contribution is 5.87. The second-order valence-corrected chi connectivity index (χ2v) is 4.81. The average Bonchev–Trinajstić information content (AvgIpc) is 2.97. The van der Waals surface area contributed by atoms with Gasteiger partial charge in [-0.1, -0.05) is 0 Å². The average molecular weight is 258 g/mol. The number of pyridine rings is 1. The molecule has 19 heavy (non-hydrogen) atoms. The molecule has 4 heteroatoms. The van der Waals surface area contributed by atoms with Gasteiger partial charge in [0.25, 0.3) is 0 Å². The third-order valence-corrected chi connectivity index (χ3v) is 3.52. The van der Waals surface area contributed by atoms with Crippen molar-refractivity contribution in [3.05, 3.63) is 30.5 Å². The lowest BCUT2D eigenvalue weighted by molar-refractivity contribution is 0.271. The predicted molar refractivity (Wildman–Crippen MR) is 74.8 cm³/mol. The molecule has 0 bridgehead atoms. The largest absolute Gasteiger partial charge is 0.497 e. The lowest BCUT2D eigenvalue weighted by atomic mass is 10.1.